The summed E-state index contributed by atoms with van der Waals surface area (Å²) in [5, 5.41) is 0. The zero-order valence-electron chi connectivity index (χ0n) is 14.4. The van der Waals surface area contributed by atoms with Crippen LogP contribution in [0.4, 0.5) is 5.69 Å². The van der Waals surface area contributed by atoms with Gasteiger partial charge in [0.1, 0.15) is 5.76 Å². The maximum absolute atomic E-state index is 13.3. The second-order valence-electron chi connectivity index (χ2n) is 7.45. The molecular formula is C20H24N2O2. The van der Waals surface area contributed by atoms with E-state index in [1.807, 2.05) is 23.1 Å². The van der Waals surface area contributed by atoms with E-state index in [-0.39, 0.29) is 11.3 Å². The molecule has 4 rings (SSSR count). The average molecular weight is 324 g/mol. The Hall–Kier alpha value is -2.07. The fraction of sp³-hybridized carbons (Fsp3) is 0.450. The molecule has 4 heteroatoms. The molecule has 2 aliphatic heterocycles. The van der Waals surface area contributed by atoms with Gasteiger partial charge in [0, 0.05) is 25.3 Å². The highest BCUT2D eigenvalue weighted by molar-refractivity contribution is 6.08. The summed E-state index contributed by atoms with van der Waals surface area (Å²) in [6.07, 6.45) is 2.60. The molecule has 0 N–H and O–H groups in total. The number of nitrogens with zero attached hydrogens (tertiary/aromatic N) is 2. The second-order valence-corrected chi connectivity index (χ2v) is 7.45. The minimum Gasteiger partial charge on any atom is -0.468 e. The summed E-state index contributed by atoms with van der Waals surface area (Å²) in [5.41, 5.74) is 1.94. The van der Waals surface area contributed by atoms with Crippen LogP contribution in [-0.2, 0) is 16.8 Å². The maximum Gasteiger partial charge on any atom is 0.239 e. The molecule has 2 aliphatic rings. The van der Waals surface area contributed by atoms with Crippen molar-refractivity contribution in [3.05, 3.63) is 54.0 Å². The van der Waals surface area contributed by atoms with E-state index >= 15 is 0 Å². The number of carbonyl (C=O) groups is 1. The Kier molecular flexibility index (Phi) is 3.72. The van der Waals surface area contributed by atoms with Crippen LogP contribution in [0.5, 0.6) is 0 Å². The van der Waals surface area contributed by atoms with Crippen LogP contribution in [0.2, 0.25) is 0 Å². The summed E-state index contributed by atoms with van der Waals surface area (Å²) in [4.78, 5) is 17.7. The molecule has 1 atom stereocenters. The van der Waals surface area contributed by atoms with Crippen molar-refractivity contribution >= 4 is 11.6 Å². The van der Waals surface area contributed by atoms with Crippen LogP contribution in [0.3, 0.4) is 0 Å². The third-order valence-corrected chi connectivity index (χ3v) is 5.22. The van der Waals surface area contributed by atoms with Crippen molar-refractivity contribution in [2.24, 2.45) is 5.92 Å². The number of hydrogen-bond acceptors (Lipinski definition) is 3. The highest BCUT2D eigenvalue weighted by Gasteiger charge is 2.54. The summed E-state index contributed by atoms with van der Waals surface area (Å²) >= 11 is 0. The SMILES string of the molecule is CC(C)CN1C(=O)[C@@]2(CCN(Cc3ccco3)C2)c2ccccc21. The molecule has 3 heterocycles. The molecule has 1 aromatic heterocycles. The third kappa shape index (κ3) is 2.37. The first-order valence-corrected chi connectivity index (χ1v) is 8.76. The van der Waals surface area contributed by atoms with Gasteiger partial charge >= 0.3 is 0 Å². The van der Waals surface area contributed by atoms with Crippen LogP contribution < -0.4 is 4.90 Å². The fourth-order valence-corrected chi connectivity index (χ4v) is 4.18. The van der Waals surface area contributed by atoms with E-state index in [9.17, 15) is 4.79 Å². The smallest absolute Gasteiger partial charge is 0.239 e. The number of benzene rings is 1. The Morgan fingerprint density at radius 2 is 2.04 bits per heavy atom. The minimum atomic E-state index is -0.377. The van der Waals surface area contributed by atoms with E-state index in [0.29, 0.717) is 5.92 Å². The summed E-state index contributed by atoms with van der Waals surface area (Å²) in [6, 6.07) is 12.3. The van der Waals surface area contributed by atoms with Crippen molar-refractivity contribution in [2.75, 3.05) is 24.5 Å². The topological polar surface area (TPSA) is 36.7 Å². The van der Waals surface area contributed by atoms with E-state index in [2.05, 4.69) is 36.9 Å². The Bertz CT molecular complexity index is 738. The molecule has 0 aliphatic carbocycles. The van der Waals surface area contributed by atoms with Gasteiger partial charge in [-0.1, -0.05) is 32.0 Å². The van der Waals surface area contributed by atoms with Gasteiger partial charge in [-0.15, -0.1) is 0 Å². The lowest BCUT2D eigenvalue weighted by Gasteiger charge is -2.25. The first-order valence-electron chi connectivity index (χ1n) is 8.76. The number of anilines is 1. The van der Waals surface area contributed by atoms with Crippen LogP contribution >= 0.6 is 0 Å². The largest absolute Gasteiger partial charge is 0.468 e. The van der Waals surface area contributed by atoms with Crippen molar-refractivity contribution in [1.82, 2.24) is 4.90 Å². The molecular weight excluding hydrogens is 300 g/mol. The molecule has 1 saturated heterocycles. The summed E-state index contributed by atoms with van der Waals surface area (Å²) < 4.78 is 5.48. The zero-order chi connectivity index (χ0) is 16.7. The summed E-state index contributed by atoms with van der Waals surface area (Å²) in [6.45, 7) is 7.59. The van der Waals surface area contributed by atoms with Gasteiger partial charge in [0.2, 0.25) is 5.91 Å². The van der Waals surface area contributed by atoms with E-state index in [0.717, 1.165) is 44.0 Å². The zero-order valence-corrected chi connectivity index (χ0v) is 14.4. The van der Waals surface area contributed by atoms with Crippen LogP contribution in [0, 0.1) is 5.92 Å². The molecule has 0 radical (unpaired) electrons. The van der Waals surface area contributed by atoms with Gasteiger partial charge in [0.15, 0.2) is 0 Å². The van der Waals surface area contributed by atoms with Crippen LogP contribution in [0.25, 0.3) is 0 Å². The molecule has 1 aromatic carbocycles. The van der Waals surface area contributed by atoms with Crippen molar-refractivity contribution in [3.63, 3.8) is 0 Å². The number of para-hydroxylation sites is 1. The molecule has 1 amide bonds. The Balaban J connectivity index is 1.64. The van der Waals surface area contributed by atoms with E-state index in [1.165, 1.54) is 5.56 Å². The lowest BCUT2D eigenvalue weighted by atomic mass is 9.81. The number of amides is 1. The predicted octanol–water partition coefficient (Wildman–Crippen LogP) is 3.43. The van der Waals surface area contributed by atoms with Crippen LogP contribution in [0.15, 0.2) is 47.1 Å². The molecule has 126 valence electrons. The van der Waals surface area contributed by atoms with Crippen molar-refractivity contribution in [3.8, 4) is 0 Å². The van der Waals surface area contributed by atoms with Gasteiger partial charge in [-0.05, 0) is 36.1 Å². The van der Waals surface area contributed by atoms with Crippen molar-refractivity contribution < 1.29 is 9.21 Å². The number of carbonyl (C=O) groups excluding carboxylic acids is 1. The standard InChI is InChI=1S/C20H24N2O2/c1-15(2)12-22-18-8-4-3-7-17(18)20(19(22)23)9-10-21(14-20)13-16-6-5-11-24-16/h3-8,11,15H,9-10,12-14H2,1-2H3/t20-/m1/s1. The molecule has 2 aromatic rings. The number of hydrogen-bond donors (Lipinski definition) is 0. The highest BCUT2D eigenvalue weighted by atomic mass is 16.3. The van der Waals surface area contributed by atoms with Crippen LogP contribution in [0.1, 0.15) is 31.6 Å². The molecule has 4 nitrogen and oxygen atoms in total. The lowest BCUT2D eigenvalue weighted by molar-refractivity contribution is -0.122. The molecule has 1 spiro atoms. The molecule has 0 saturated carbocycles. The monoisotopic (exact) mass is 324 g/mol. The van der Waals surface area contributed by atoms with Gasteiger partial charge in [-0.3, -0.25) is 9.69 Å². The number of likely N-dealkylation sites (tertiary alicyclic amines) is 1. The van der Waals surface area contributed by atoms with E-state index < -0.39 is 0 Å². The fourth-order valence-electron chi connectivity index (χ4n) is 4.18. The summed E-state index contributed by atoms with van der Waals surface area (Å²) in [5.74, 6) is 1.70. The normalized spacial score (nSPS) is 23.6. The van der Waals surface area contributed by atoms with E-state index in [4.69, 9.17) is 4.42 Å². The van der Waals surface area contributed by atoms with Crippen molar-refractivity contribution in [1.29, 1.82) is 0 Å². The number of fused-ring (bicyclic) bond motifs is 2. The predicted molar refractivity (Wildman–Crippen MR) is 93.9 cm³/mol. The quantitative estimate of drug-likeness (QED) is 0.864. The van der Waals surface area contributed by atoms with Gasteiger partial charge < -0.3 is 9.32 Å². The lowest BCUT2D eigenvalue weighted by Crippen LogP contribution is -2.43. The number of rotatable bonds is 4. The van der Waals surface area contributed by atoms with E-state index in [1.54, 1.807) is 6.26 Å². The minimum absolute atomic E-state index is 0.277. The third-order valence-electron chi connectivity index (χ3n) is 5.22. The van der Waals surface area contributed by atoms with Gasteiger partial charge in [0.25, 0.3) is 0 Å². The maximum atomic E-state index is 13.3. The Morgan fingerprint density at radius 3 is 2.79 bits per heavy atom. The first-order chi connectivity index (χ1) is 11.6. The molecule has 0 unspecified atom stereocenters. The van der Waals surface area contributed by atoms with Gasteiger partial charge in [-0.2, -0.15) is 0 Å². The second kappa shape index (κ2) is 5.78. The van der Waals surface area contributed by atoms with Gasteiger partial charge in [-0.25, -0.2) is 0 Å². The number of furan rings is 1. The Morgan fingerprint density at radius 1 is 1.21 bits per heavy atom. The average Bonchev–Trinajstić information content (AvgIpc) is 3.26. The first kappa shape index (κ1) is 15.5. The highest BCUT2D eigenvalue weighted by Crippen LogP contribution is 2.47. The molecule has 0 bridgehead atoms. The molecule has 1 fully saturated rings. The summed E-state index contributed by atoms with van der Waals surface area (Å²) in [7, 11) is 0. The Labute approximate surface area is 143 Å². The van der Waals surface area contributed by atoms with Crippen molar-refractivity contribution in [2.45, 2.75) is 32.2 Å². The molecule has 24 heavy (non-hydrogen) atoms. The van der Waals surface area contributed by atoms with Crippen LogP contribution in [-0.4, -0.2) is 30.4 Å². The van der Waals surface area contributed by atoms with Gasteiger partial charge in [0.05, 0.1) is 18.2 Å².